The number of rotatable bonds is 3. The Morgan fingerprint density at radius 1 is 1.26 bits per heavy atom. The van der Waals surface area contributed by atoms with Crippen molar-refractivity contribution in [3.63, 3.8) is 0 Å². The molecule has 7 nitrogen and oxygen atoms in total. The van der Waals surface area contributed by atoms with Crippen LogP contribution in [-0.2, 0) is 0 Å². The molecule has 1 aromatic carbocycles. The lowest BCUT2D eigenvalue weighted by Gasteiger charge is -2.16. The predicted octanol–water partition coefficient (Wildman–Crippen LogP) is 2.74. The monoisotopic (exact) mass is 384 g/mol. The maximum Gasteiger partial charge on any atom is 0.266 e. The molecule has 0 saturated carbocycles. The zero-order chi connectivity index (χ0) is 19.0. The topological polar surface area (TPSA) is 92.1 Å². The molecule has 1 saturated heterocycles. The minimum absolute atomic E-state index is 0.0104. The number of aryl methyl sites for hydroxylation is 1. The van der Waals surface area contributed by atoms with E-state index in [1.165, 1.54) is 12.3 Å². The SMILES string of the molecule is Cc1noc([C@@H]2CN(C(=O)c3c[nH]c(=O)c(Cl)c3)C[C@@H]2c2ccccc2)n1. The molecule has 0 bridgehead atoms. The summed E-state index contributed by atoms with van der Waals surface area (Å²) in [6.45, 7) is 2.72. The second-order valence-corrected chi connectivity index (χ2v) is 6.99. The number of nitrogens with one attached hydrogen (secondary N) is 1. The van der Waals surface area contributed by atoms with Crippen LogP contribution in [0.1, 0.15) is 39.5 Å². The van der Waals surface area contributed by atoms with Crippen molar-refractivity contribution < 1.29 is 9.32 Å². The first-order chi connectivity index (χ1) is 13.0. The molecule has 1 aliphatic rings. The third-order valence-corrected chi connectivity index (χ3v) is 5.08. The summed E-state index contributed by atoms with van der Waals surface area (Å²) < 4.78 is 5.40. The van der Waals surface area contributed by atoms with E-state index in [9.17, 15) is 9.59 Å². The van der Waals surface area contributed by atoms with Gasteiger partial charge < -0.3 is 14.4 Å². The second-order valence-electron chi connectivity index (χ2n) is 6.58. The number of carbonyl (C=O) groups excluding carboxylic acids is 1. The lowest BCUT2D eigenvalue weighted by atomic mass is 9.89. The molecule has 0 spiro atoms. The molecule has 0 aliphatic carbocycles. The highest BCUT2D eigenvalue weighted by Gasteiger charge is 2.40. The Labute approximate surface area is 160 Å². The number of likely N-dealkylation sites (tertiary alicyclic amines) is 1. The fourth-order valence-corrected chi connectivity index (χ4v) is 3.66. The van der Waals surface area contributed by atoms with Crippen molar-refractivity contribution in [1.82, 2.24) is 20.0 Å². The van der Waals surface area contributed by atoms with Gasteiger partial charge in [-0.15, -0.1) is 0 Å². The predicted molar refractivity (Wildman–Crippen MR) is 98.9 cm³/mol. The first-order valence-electron chi connectivity index (χ1n) is 8.55. The molecule has 1 amide bonds. The van der Waals surface area contributed by atoms with Crippen LogP contribution < -0.4 is 5.56 Å². The van der Waals surface area contributed by atoms with Gasteiger partial charge in [0.25, 0.3) is 11.5 Å². The van der Waals surface area contributed by atoms with Crippen molar-refractivity contribution in [2.24, 2.45) is 0 Å². The largest absolute Gasteiger partial charge is 0.339 e. The molecule has 27 heavy (non-hydrogen) atoms. The molecule has 2 aromatic heterocycles. The standard InChI is InChI=1S/C19H17ClN4O3/c1-11-22-18(27-23-11)15-10-24(9-14(15)12-5-3-2-4-6-12)19(26)13-7-16(20)17(25)21-8-13/h2-8,14-15H,9-10H2,1H3,(H,21,25)/t14-,15-/m1/s1. The Balaban J connectivity index is 1.66. The van der Waals surface area contributed by atoms with E-state index in [1.807, 2.05) is 30.3 Å². The lowest BCUT2D eigenvalue weighted by molar-refractivity contribution is 0.0787. The fraction of sp³-hybridized carbons (Fsp3) is 0.263. The smallest absolute Gasteiger partial charge is 0.266 e. The third-order valence-electron chi connectivity index (χ3n) is 4.80. The number of H-pyrrole nitrogens is 1. The van der Waals surface area contributed by atoms with Gasteiger partial charge in [0.15, 0.2) is 5.82 Å². The normalized spacial score (nSPS) is 19.4. The van der Waals surface area contributed by atoms with Gasteiger partial charge in [0.1, 0.15) is 5.02 Å². The number of carbonyl (C=O) groups is 1. The Morgan fingerprint density at radius 3 is 2.67 bits per heavy atom. The zero-order valence-corrected chi connectivity index (χ0v) is 15.3. The Bertz CT molecular complexity index is 1030. The maximum atomic E-state index is 12.9. The number of nitrogens with zero attached hydrogens (tertiary/aromatic N) is 3. The molecule has 138 valence electrons. The molecule has 3 aromatic rings. The first-order valence-corrected chi connectivity index (χ1v) is 8.93. The van der Waals surface area contributed by atoms with E-state index in [4.69, 9.17) is 16.1 Å². The van der Waals surface area contributed by atoms with Crippen molar-refractivity contribution in [3.05, 3.63) is 80.8 Å². The van der Waals surface area contributed by atoms with Crippen LogP contribution in [0.3, 0.4) is 0 Å². The molecule has 2 atom stereocenters. The van der Waals surface area contributed by atoms with Gasteiger partial charge in [0.05, 0.1) is 11.5 Å². The lowest BCUT2D eigenvalue weighted by Crippen LogP contribution is -2.29. The van der Waals surface area contributed by atoms with E-state index in [2.05, 4.69) is 15.1 Å². The molecular weight excluding hydrogens is 368 g/mol. The molecule has 3 heterocycles. The van der Waals surface area contributed by atoms with Crippen LogP contribution in [-0.4, -0.2) is 39.0 Å². The number of pyridine rings is 1. The molecular formula is C19H17ClN4O3. The second kappa shape index (κ2) is 7.00. The molecule has 4 rings (SSSR count). The molecule has 1 fully saturated rings. The van der Waals surface area contributed by atoms with Crippen LogP contribution in [0.2, 0.25) is 5.02 Å². The average Bonchev–Trinajstić information content (AvgIpc) is 3.30. The summed E-state index contributed by atoms with van der Waals surface area (Å²) in [6.07, 6.45) is 1.39. The number of hydrogen-bond donors (Lipinski definition) is 1. The Morgan fingerprint density at radius 2 is 2.00 bits per heavy atom. The van der Waals surface area contributed by atoms with Gasteiger partial charge in [-0.25, -0.2) is 0 Å². The van der Waals surface area contributed by atoms with E-state index in [0.717, 1.165) is 5.56 Å². The number of aromatic nitrogens is 3. The summed E-state index contributed by atoms with van der Waals surface area (Å²) in [4.78, 5) is 33.0. The summed E-state index contributed by atoms with van der Waals surface area (Å²) in [7, 11) is 0. The quantitative estimate of drug-likeness (QED) is 0.749. The highest BCUT2D eigenvalue weighted by Crippen LogP contribution is 2.39. The van der Waals surface area contributed by atoms with Crippen molar-refractivity contribution >= 4 is 17.5 Å². The number of aromatic amines is 1. The third kappa shape index (κ3) is 3.38. The summed E-state index contributed by atoms with van der Waals surface area (Å²) >= 11 is 5.87. The van der Waals surface area contributed by atoms with Gasteiger partial charge in [0.2, 0.25) is 5.89 Å². The number of benzene rings is 1. The minimum Gasteiger partial charge on any atom is -0.339 e. The number of hydrogen-bond acceptors (Lipinski definition) is 5. The van der Waals surface area contributed by atoms with E-state index in [-0.39, 0.29) is 22.8 Å². The van der Waals surface area contributed by atoms with Crippen LogP contribution in [0.4, 0.5) is 0 Å². The minimum atomic E-state index is -0.420. The Kier molecular flexibility index (Phi) is 4.53. The maximum absolute atomic E-state index is 12.9. The molecule has 1 N–H and O–H groups in total. The summed E-state index contributed by atoms with van der Waals surface area (Å²) in [5, 5.41) is 3.88. The number of halogens is 1. The van der Waals surface area contributed by atoms with Crippen molar-refractivity contribution in [3.8, 4) is 0 Å². The average molecular weight is 385 g/mol. The summed E-state index contributed by atoms with van der Waals surface area (Å²) in [6, 6.07) is 11.4. The summed E-state index contributed by atoms with van der Waals surface area (Å²) in [5.41, 5.74) is 1.03. The fourth-order valence-electron chi connectivity index (χ4n) is 3.48. The van der Waals surface area contributed by atoms with E-state index in [1.54, 1.807) is 11.8 Å². The highest BCUT2D eigenvalue weighted by molar-refractivity contribution is 6.30. The van der Waals surface area contributed by atoms with Gasteiger partial charge in [-0.2, -0.15) is 4.98 Å². The zero-order valence-electron chi connectivity index (χ0n) is 14.6. The summed E-state index contributed by atoms with van der Waals surface area (Å²) in [5.74, 6) is 0.821. The van der Waals surface area contributed by atoms with E-state index >= 15 is 0 Å². The van der Waals surface area contributed by atoms with Crippen LogP contribution in [0.25, 0.3) is 0 Å². The molecule has 0 radical (unpaired) electrons. The Hall–Kier alpha value is -2.93. The van der Waals surface area contributed by atoms with Crippen LogP contribution >= 0.6 is 11.6 Å². The highest BCUT2D eigenvalue weighted by atomic mass is 35.5. The van der Waals surface area contributed by atoms with Gasteiger partial charge in [-0.1, -0.05) is 47.1 Å². The van der Waals surface area contributed by atoms with Crippen molar-refractivity contribution in [2.75, 3.05) is 13.1 Å². The van der Waals surface area contributed by atoms with Gasteiger partial charge in [-0.05, 0) is 18.6 Å². The van der Waals surface area contributed by atoms with Crippen molar-refractivity contribution in [2.45, 2.75) is 18.8 Å². The van der Waals surface area contributed by atoms with E-state index < -0.39 is 5.56 Å². The van der Waals surface area contributed by atoms with Crippen molar-refractivity contribution in [1.29, 1.82) is 0 Å². The number of amides is 1. The first kappa shape index (κ1) is 17.5. The molecule has 1 aliphatic heterocycles. The molecule has 0 unspecified atom stereocenters. The van der Waals surface area contributed by atoms with Crippen LogP contribution in [0.15, 0.2) is 51.9 Å². The van der Waals surface area contributed by atoms with Gasteiger partial charge >= 0.3 is 0 Å². The van der Waals surface area contributed by atoms with Crippen LogP contribution in [0.5, 0.6) is 0 Å². The molecule has 8 heteroatoms. The van der Waals surface area contributed by atoms with Gasteiger partial charge in [0, 0.05) is 25.2 Å². The van der Waals surface area contributed by atoms with Gasteiger partial charge in [-0.3, -0.25) is 9.59 Å². The van der Waals surface area contributed by atoms with E-state index in [0.29, 0.717) is 30.4 Å². The van der Waals surface area contributed by atoms with Crippen LogP contribution in [0, 0.1) is 6.92 Å².